The van der Waals surface area contributed by atoms with Gasteiger partial charge in [-0.3, -0.25) is 0 Å². The van der Waals surface area contributed by atoms with Gasteiger partial charge in [-0.1, -0.05) is 141 Å². The Kier molecular flexibility index (Phi) is 5.60. The van der Waals surface area contributed by atoms with Crippen LogP contribution < -0.4 is 0 Å². The predicted octanol–water partition coefficient (Wildman–Crippen LogP) is 14.6. The van der Waals surface area contributed by atoms with E-state index in [-0.39, 0.29) is 5.41 Å². The van der Waals surface area contributed by atoms with Crippen molar-refractivity contribution in [2.45, 2.75) is 19.3 Å². The van der Waals surface area contributed by atoms with Crippen LogP contribution in [-0.2, 0) is 5.41 Å². The van der Waals surface area contributed by atoms with Crippen LogP contribution in [0.3, 0.4) is 0 Å². The summed E-state index contributed by atoms with van der Waals surface area (Å²) in [6, 6.07) is 57.6. The quantitative estimate of drug-likeness (QED) is 0.170. The summed E-state index contributed by atoms with van der Waals surface area (Å²) in [5, 5.41) is 11.6. The maximum atomic E-state index is 6.77. The van der Waals surface area contributed by atoms with Crippen LogP contribution in [0.15, 0.2) is 167 Å². The van der Waals surface area contributed by atoms with Gasteiger partial charge in [0.1, 0.15) is 11.2 Å². The van der Waals surface area contributed by atoms with Gasteiger partial charge < -0.3 is 8.83 Å². The fourth-order valence-corrected chi connectivity index (χ4v) is 9.59. The molecule has 0 unspecified atom stereocenters. The van der Waals surface area contributed by atoms with Crippen LogP contribution in [0.1, 0.15) is 25.0 Å². The summed E-state index contributed by atoms with van der Waals surface area (Å²) < 4.78 is 13.5. The highest BCUT2D eigenvalue weighted by Gasteiger charge is 2.35. The minimum Gasteiger partial charge on any atom is -0.452 e. The molecule has 0 saturated carbocycles. The van der Waals surface area contributed by atoms with Crippen molar-refractivity contribution in [1.82, 2.24) is 0 Å². The molecule has 12 rings (SSSR count). The largest absolute Gasteiger partial charge is 0.452 e. The Bertz CT molecular complexity index is 3310. The first-order valence-corrected chi connectivity index (χ1v) is 18.4. The molecule has 0 spiro atoms. The summed E-state index contributed by atoms with van der Waals surface area (Å²) in [7, 11) is 0. The Morgan fingerprint density at radius 2 is 0.962 bits per heavy atom. The first-order valence-electron chi connectivity index (χ1n) is 18.4. The second-order valence-corrected chi connectivity index (χ2v) is 15.2. The Morgan fingerprint density at radius 3 is 1.72 bits per heavy atom. The topological polar surface area (TPSA) is 26.3 Å². The molecule has 11 aromatic rings. The molecule has 0 radical (unpaired) electrons. The summed E-state index contributed by atoms with van der Waals surface area (Å²) in [6.45, 7) is 4.72. The van der Waals surface area contributed by atoms with Gasteiger partial charge >= 0.3 is 0 Å². The summed E-state index contributed by atoms with van der Waals surface area (Å²) in [6.07, 6.45) is 0. The molecule has 0 aliphatic heterocycles. The first kappa shape index (κ1) is 29.0. The highest BCUT2D eigenvalue weighted by Crippen LogP contribution is 2.53. The van der Waals surface area contributed by atoms with E-state index in [2.05, 4.69) is 166 Å². The summed E-state index contributed by atoms with van der Waals surface area (Å²) in [4.78, 5) is 0. The fraction of sp³-hybridized carbons (Fsp3) is 0.0588. The first-order chi connectivity index (χ1) is 26.0. The molecule has 248 valence electrons. The molecular weight excluding hydrogens is 645 g/mol. The van der Waals surface area contributed by atoms with Gasteiger partial charge in [0.2, 0.25) is 0 Å². The van der Waals surface area contributed by atoms with Crippen molar-refractivity contribution in [3.8, 4) is 33.4 Å². The maximum Gasteiger partial charge on any atom is 0.179 e. The van der Waals surface area contributed by atoms with Crippen LogP contribution in [0, 0.1) is 0 Å². The van der Waals surface area contributed by atoms with Crippen LogP contribution in [0.4, 0.5) is 0 Å². The average molecular weight is 677 g/mol. The van der Waals surface area contributed by atoms with Gasteiger partial charge in [-0.05, 0) is 107 Å². The second kappa shape index (κ2) is 10.2. The number of fused-ring (bicyclic) bond motifs is 13. The molecule has 0 fully saturated rings. The summed E-state index contributed by atoms with van der Waals surface area (Å²) >= 11 is 0. The lowest BCUT2D eigenvalue weighted by molar-refractivity contribution is 0.633. The van der Waals surface area contributed by atoms with Gasteiger partial charge in [-0.2, -0.15) is 0 Å². The van der Waals surface area contributed by atoms with Gasteiger partial charge in [0.25, 0.3) is 0 Å². The van der Waals surface area contributed by atoms with Crippen molar-refractivity contribution in [2.75, 3.05) is 0 Å². The van der Waals surface area contributed by atoms with E-state index in [0.29, 0.717) is 0 Å². The number of para-hydroxylation sites is 1. The SMILES string of the molecule is CC1(C)c2ccccc2-c2ccc(-c3c4ccccc4c(-c4cc5c6cc7ccccc7cc6oc5c5oc6ccccc6c45)c4ccccc34)cc21. The van der Waals surface area contributed by atoms with Crippen LogP contribution in [0.5, 0.6) is 0 Å². The molecule has 0 amide bonds. The highest BCUT2D eigenvalue weighted by molar-refractivity contribution is 6.30. The van der Waals surface area contributed by atoms with Gasteiger partial charge in [0.05, 0.1) is 0 Å². The van der Waals surface area contributed by atoms with Crippen molar-refractivity contribution in [3.63, 3.8) is 0 Å². The van der Waals surface area contributed by atoms with Gasteiger partial charge in [-0.15, -0.1) is 0 Å². The molecule has 0 N–H and O–H groups in total. The molecular formula is C51H32O2. The third-order valence-electron chi connectivity index (χ3n) is 12.0. The third kappa shape index (κ3) is 3.82. The average Bonchev–Trinajstić information content (AvgIpc) is 3.83. The van der Waals surface area contributed by atoms with Gasteiger partial charge in [0, 0.05) is 27.0 Å². The monoisotopic (exact) mass is 676 g/mol. The molecule has 0 saturated heterocycles. The number of rotatable bonds is 2. The van der Waals surface area contributed by atoms with E-state index >= 15 is 0 Å². The Balaban J connectivity index is 1.21. The lowest BCUT2D eigenvalue weighted by Gasteiger charge is -2.23. The molecule has 1 aliphatic carbocycles. The van der Waals surface area contributed by atoms with Gasteiger partial charge in [0.15, 0.2) is 11.2 Å². The molecule has 0 atom stereocenters. The van der Waals surface area contributed by atoms with Crippen molar-refractivity contribution in [1.29, 1.82) is 0 Å². The smallest absolute Gasteiger partial charge is 0.179 e. The van der Waals surface area contributed by atoms with Gasteiger partial charge in [-0.25, -0.2) is 0 Å². The van der Waals surface area contributed by atoms with E-state index in [0.717, 1.165) is 54.8 Å². The maximum absolute atomic E-state index is 6.77. The summed E-state index contributed by atoms with van der Waals surface area (Å²) in [5.41, 5.74) is 13.5. The minimum atomic E-state index is -0.0878. The van der Waals surface area contributed by atoms with Crippen LogP contribution in [0.25, 0.3) is 110 Å². The molecule has 2 aromatic heterocycles. The molecule has 1 aliphatic rings. The zero-order valence-electron chi connectivity index (χ0n) is 29.3. The number of benzene rings is 9. The van der Waals surface area contributed by atoms with Crippen molar-refractivity contribution in [2.24, 2.45) is 0 Å². The number of hydrogen-bond donors (Lipinski definition) is 0. The zero-order valence-corrected chi connectivity index (χ0v) is 29.3. The van der Waals surface area contributed by atoms with Crippen LogP contribution >= 0.6 is 0 Å². The Hall–Kier alpha value is -6.64. The normalized spacial score (nSPS) is 13.6. The Labute approximate surface area is 305 Å². The van der Waals surface area contributed by atoms with E-state index in [1.807, 2.05) is 6.07 Å². The van der Waals surface area contributed by atoms with Crippen molar-refractivity contribution in [3.05, 3.63) is 169 Å². The standard InChI is InChI=1S/C51H32O2/c1-51(2)42-21-11-9-15-32(42)33-24-23-31(26-43(33)51)46-34-16-5-7-18-36(34)47(37-19-8-6-17-35(37)46)41-28-40-39-25-29-13-3-4-14-30(29)27-45(39)53-49(40)50-48(41)38-20-10-12-22-44(38)52-50/h3-28H,1-2H3. The zero-order chi connectivity index (χ0) is 35.0. The Morgan fingerprint density at radius 1 is 0.377 bits per heavy atom. The second-order valence-electron chi connectivity index (χ2n) is 15.2. The predicted molar refractivity (Wildman–Crippen MR) is 222 cm³/mol. The molecule has 2 heterocycles. The lowest BCUT2D eigenvalue weighted by Crippen LogP contribution is -2.14. The molecule has 53 heavy (non-hydrogen) atoms. The third-order valence-corrected chi connectivity index (χ3v) is 12.0. The number of furan rings is 2. The lowest BCUT2D eigenvalue weighted by atomic mass is 9.80. The highest BCUT2D eigenvalue weighted by atomic mass is 16.4. The molecule has 2 heteroatoms. The van der Waals surface area contributed by atoms with E-state index in [9.17, 15) is 0 Å². The molecule has 2 nitrogen and oxygen atoms in total. The van der Waals surface area contributed by atoms with Crippen molar-refractivity contribution < 1.29 is 8.83 Å². The minimum absolute atomic E-state index is 0.0878. The van der Waals surface area contributed by atoms with Crippen LogP contribution in [-0.4, -0.2) is 0 Å². The van der Waals surface area contributed by atoms with Crippen LogP contribution in [0.2, 0.25) is 0 Å². The number of hydrogen-bond acceptors (Lipinski definition) is 2. The summed E-state index contributed by atoms with van der Waals surface area (Å²) in [5.74, 6) is 0. The van der Waals surface area contributed by atoms with Crippen molar-refractivity contribution >= 4 is 76.2 Å². The van der Waals surface area contributed by atoms with E-state index in [4.69, 9.17) is 8.83 Å². The molecule has 0 bridgehead atoms. The fourth-order valence-electron chi connectivity index (χ4n) is 9.59. The van der Waals surface area contributed by atoms with E-state index < -0.39 is 0 Å². The van der Waals surface area contributed by atoms with E-state index in [1.165, 1.54) is 65.9 Å². The van der Waals surface area contributed by atoms with E-state index in [1.54, 1.807) is 0 Å². The molecule has 9 aromatic carbocycles.